The van der Waals surface area contributed by atoms with Crippen molar-refractivity contribution in [2.45, 2.75) is 45.2 Å². The Kier molecular flexibility index (Phi) is 12.7. The van der Waals surface area contributed by atoms with Crippen LogP contribution in [0.4, 0.5) is 13.2 Å². The van der Waals surface area contributed by atoms with Gasteiger partial charge in [0.1, 0.15) is 5.75 Å². The molecule has 0 amide bonds. The monoisotopic (exact) mass is 393 g/mol. The van der Waals surface area contributed by atoms with Crippen LogP contribution in [0.2, 0.25) is 0 Å². The summed E-state index contributed by atoms with van der Waals surface area (Å²) in [6.45, 7) is 4.25. The first-order chi connectivity index (χ1) is 12.7. The largest absolute Gasteiger partial charge is 0.494 e. The van der Waals surface area contributed by atoms with E-state index in [1.807, 2.05) is 12.1 Å². The van der Waals surface area contributed by atoms with E-state index in [0.717, 1.165) is 31.7 Å². The number of carbonyl (C=O) groups is 2. The second-order valence-corrected chi connectivity index (χ2v) is 5.65. The van der Waals surface area contributed by atoms with Gasteiger partial charge in [0.25, 0.3) is 0 Å². The molecule has 3 N–H and O–H groups in total. The Hall–Kier alpha value is -2.29. The van der Waals surface area contributed by atoms with Gasteiger partial charge in [-0.05, 0) is 37.1 Å². The lowest BCUT2D eigenvalue weighted by Crippen LogP contribution is -2.21. The van der Waals surface area contributed by atoms with Gasteiger partial charge in [0.15, 0.2) is 0 Å². The van der Waals surface area contributed by atoms with Gasteiger partial charge in [-0.2, -0.15) is 13.2 Å². The van der Waals surface area contributed by atoms with Crippen molar-refractivity contribution in [3.63, 3.8) is 0 Å². The molecule has 0 aliphatic rings. The second kappa shape index (κ2) is 13.9. The van der Waals surface area contributed by atoms with Crippen molar-refractivity contribution in [2.24, 2.45) is 0 Å². The van der Waals surface area contributed by atoms with Crippen LogP contribution >= 0.6 is 0 Å². The Balaban J connectivity index is 0.000000821. The summed E-state index contributed by atoms with van der Waals surface area (Å²) in [5, 5.41) is 18.8. The lowest BCUT2D eigenvalue weighted by Gasteiger charge is -2.08. The molecule has 27 heavy (non-hydrogen) atoms. The van der Waals surface area contributed by atoms with Crippen molar-refractivity contribution in [1.29, 1.82) is 0 Å². The average molecular weight is 393 g/mol. The van der Waals surface area contributed by atoms with Crippen molar-refractivity contribution in [3.8, 4) is 5.75 Å². The van der Waals surface area contributed by atoms with Crippen LogP contribution in [0.25, 0.3) is 0 Å². The number of aliphatic carboxylic acids is 2. The predicted octanol–water partition coefficient (Wildman–Crippen LogP) is 3.50. The van der Waals surface area contributed by atoms with Crippen LogP contribution in [0, 0.1) is 0 Å². The minimum absolute atomic E-state index is 0.167. The van der Waals surface area contributed by atoms with Gasteiger partial charge >= 0.3 is 18.1 Å². The maximum absolute atomic E-state index is 10.6. The van der Waals surface area contributed by atoms with Gasteiger partial charge in [-0.3, -0.25) is 4.79 Å². The number of ether oxygens (including phenoxy) is 1. The van der Waals surface area contributed by atoms with Gasteiger partial charge in [-0.15, -0.1) is 0 Å². The van der Waals surface area contributed by atoms with Crippen LogP contribution in [0.1, 0.15) is 38.2 Å². The Bertz CT molecular complexity index is 564. The predicted molar refractivity (Wildman–Crippen MR) is 94.0 cm³/mol. The van der Waals surface area contributed by atoms with E-state index in [2.05, 4.69) is 24.4 Å². The molecule has 0 fully saturated rings. The number of unbranched alkanes of at least 4 members (excludes halogenated alkanes) is 2. The van der Waals surface area contributed by atoms with Gasteiger partial charge in [-0.1, -0.05) is 31.9 Å². The molecule has 0 saturated heterocycles. The number of benzene rings is 1. The second-order valence-electron chi connectivity index (χ2n) is 5.65. The molecule has 0 unspecified atom stereocenters. The summed E-state index contributed by atoms with van der Waals surface area (Å²) in [5.74, 6) is -2.60. The fraction of sp³-hybridized carbons (Fsp3) is 0.556. The number of alkyl halides is 3. The molecule has 1 aromatic rings. The Labute approximate surface area is 156 Å². The molecule has 1 rings (SSSR count). The minimum atomic E-state index is -5.08. The highest BCUT2D eigenvalue weighted by Crippen LogP contribution is 2.14. The van der Waals surface area contributed by atoms with Gasteiger partial charge < -0.3 is 20.3 Å². The van der Waals surface area contributed by atoms with E-state index in [0.29, 0.717) is 6.54 Å². The SMILES string of the molecule is CCCCCOc1cccc(CCNCCC(=O)O)c1.O=C(O)C(F)(F)F. The number of carboxylic acids is 2. The third-order valence-corrected chi connectivity index (χ3v) is 3.26. The molecule has 0 spiro atoms. The van der Waals surface area contributed by atoms with Crippen molar-refractivity contribution in [1.82, 2.24) is 5.32 Å². The van der Waals surface area contributed by atoms with Crippen LogP contribution in [-0.4, -0.2) is 48.0 Å². The Morgan fingerprint density at radius 3 is 2.37 bits per heavy atom. The van der Waals surface area contributed by atoms with Crippen LogP contribution < -0.4 is 10.1 Å². The normalized spacial score (nSPS) is 10.7. The fourth-order valence-corrected chi connectivity index (χ4v) is 1.89. The fourth-order valence-electron chi connectivity index (χ4n) is 1.89. The van der Waals surface area contributed by atoms with E-state index in [9.17, 15) is 18.0 Å². The molecule has 0 aliphatic carbocycles. The van der Waals surface area contributed by atoms with Crippen molar-refractivity contribution < 1.29 is 37.7 Å². The first-order valence-electron chi connectivity index (χ1n) is 8.61. The number of rotatable bonds is 11. The molecular weight excluding hydrogens is 367 g/mol. The zero-order valence-electron chi connectivity index (χ0n) is 15.2. The molecule has 0 aromatic heterocycles. The smallest absolute Gasteiger partial charge is 0.490 e. The number of hydrogen-bond acceptors (Lipinski definition) is 4. The lowest BCUT2D eigenvalue weighted by atomic mass is 10.1. The van der Waals surface area contributed by atoms with E-state index in [-0.39, 0.29) is 6.42 Å². The molecule has 0 atom stereocenters. The highest BCUT2D eigenvalue weighted by atomic mass is 19.4. The van der Waals surface area contributed by atoms with Gasteiger partial charge in [-0.25, -0.2) is 4.79 Å². The van der Waals surface area contributed by atoms with Crippen LogP contribution in [0.5, 0.6) is 5.75 Å². The number of hydrogen-bond donors (Lipinski definition) is 3. The molecule has 0 bridgehead atoms. The third-order valence-electron chi connectivity index (χ3n) is 3.26. The molecule has 1 aromatic carbocycles. The van der Waals surface area contributed by atoms with Crippen LogP contribution in [0.15, 0.2) is 24.3 Å². The van der Waals surface area contributed by atoms with E-state index in [1.165, 1.54) is 18.4 Å². The van der Waals surface area contributed by atoms with Crippen LogP contribution in [0.3, 0.4) is 0 Å². The van der Waals surface area contributed by atoms with E-state index < -0.39 is 18.1 Å². The molecule has 0 radical (unpaired) electrons. The first-order valence-corrected chi connectivity index (χ1v) is 8.61. The summed E-state index contributed by atoms with van der Waals surface area (Å²) in [6, 6.07) is 8.11. The molecule has 6 nitrogen and oxygen atoms in total. The standard InChI is InChI=1S/C16H25NO3.C2HF3O2/c1-2-3-4-12-20-15-7-5-6-14(13-15)8-10-17-11-9-16(18)19;3-2(4,5)1(6)7/h5-7,13,17H,2-4,8-12H2,1H3,(H,18,19);(H,6,7). The Morgan fingerprint density at radius 1 is 1.15 bits per heavy atom. The molecule has 9 heteroatoms. The Morgan fingerprint density at radius 2 is 1.81 bits per heavy atom. The molecule has 0 saturated carbocycles. The third kappa shape index (κ3) is 14.6. The minimum Gasteiger partial charge on any atom is -0.494 e. The summed E-state index contributed by atoms with van der Waals surface area (Å²) >= 11 is 0. The van der Waals surface area contributed by atoms with Gasteiger partial charge in [0.2, 0.25) is 0 Å². The zero-order valence-corrected chi connectivity index (χ0v) is 15.2. The van der Waals surface area contributed by atoms with E-state index in [1.54, 1.807) is 0 Å². The van der Waals surface area contributed by atoms with E-state index >= 15 is 0 Å². The molecule has 0 aliphatic heterocycles. The molecule has 154 valence electrons. The number of halogens is 3. The van der Waals surface area contributed by atoms with E-state index in [4.69, 9.17) is 19.7 Å². The lowest BCUT2D eigenvalue weighted by molar-refractivity contribution is -0.192. The molecule has 0 heterocycles. The summed E-state index contributed by atoms with van der Waals surface area (Å²) in [5.41, 5.74) is 1.21. The summed E-state index contributed by atoms with van der Waals surface area (Å²) in [6.07, 6.45) is -0.539. The highest BCUT2D eigenvalue weighted by Gasteiger charge is 2.38. The molecular formula is C18H26F3NO5. The number of carboxylic acid groups (broad SMARTS) is 2. The number of nitrogens with one attached hydrogen (secondary N) is 1. The quantitative estimate of drug-likeness (QED) is 0.498. The van der Waals surface area contributed by atoms with Crippen molar-refractivity contribution >= 4 is 11.9 Å². The zero-order chi connectivity index (χ0) is 20.7. The highest BCUT2D eigenvalue weighted by molar-refractivity contribution is 5.73. The maximum atomic E-state index is 10.6. The summed E-state index contributed by atoms with van der Waals surface area (Å²) in [4.78, 5) is 19.3. The van der Waals surface area contributed by atoms with Crippen molar-refractivity contribution in [2.75, 3.05) is 19.7 Å². The van der Waals surface area contributed by atoms with Gasteiger partial charge in [0.05, 0.1) is 13.0 Å². The topological polar surface area (TPSA) is 95.9 Å². The average Bonchev–Trinajstić information content (AvgIpc) is 2.58. The summed E-state index contributed by atoms with van der Waals surface area (Å²) in [7, 11) is 0. The first kappa shape index (κ1) is 24.7. The van der Waals surface area contributed by atoms with Gasteiger partial charge in [0, 0.05) is 6.54 Å². The maximum Gasteiger partial charge on any atom is 0.490 e. The summed E-state index contributed by atoms with van der Waals surface area (Å²) < 4.78 is 37.4. The van der Waals surface area contributed by atoms with Crippen LogP contribution in [-0.2, 0) is 16.0 Å². The van der Waals surface area contributed by atoms with Crippen molar-refractivity contribution in [3.05, 3.63) is 29.8 Å².